The molecule has 0 radical (unpaired) electrons. The molecule has 1 aromatic heterocycles. The highest BCUT2D eigenvalue weighted by Gasteiger charge is 2.48. The average Bonchev–Trinajstić information content (AvgIpc) is 3.10. The van der Waals surface area contributed by atoms with Gasteiger partial charge in [-0.3, -0.25) is 9.59 Å². The minimum absolute atomic E-state index is 0.0439. The third-order valence-electron chi connectivity index (χ3n) is 5.07. The monoisotopic (exact) mass is 354 g/mol. The van der Waals surface area contributed by atoms with Gasteiger partial charge in [-0.05, 0) is 30.5 Å². The van der Waals surface area contributed by atoms with Crippen LogP contribution in [0.25, 0.3) is 0 Å². The molecule has 26 heavy (non-hydrogen) atoms. The van der Waals surface area contributed by atoms with Crippen molar-refractivity contribution >= 4 is 11.9 Å². The first-order valence-electron chi connectivity index (χ1n) is 8.64. The third-order valence-corrected chi connectivity index (χ3v) is 5.07. The van der Waals surface area contributed by atoms with Crippen molar-refractivity contribution in [2.45, 2.75) is 20.3 Å². The van der Waals surface area contributed by atoms with Gasteiger partial charge < -0.3 is 14.7 Å². The van der Waals surface area contributed by atoms with Crippen LogP contribution in [0.5, 0.6) is 11.6 Å². The fraction of sp³-hybridized carbons (Fsp3) is 0.350. The maximum Gasteiger partial charge on any atom is 0.311 e. The summed E-state index contributed by atoms with van der Waals surface area (Å²) in [7, 11) is 0. The number of carboxylic acid groups (broad SMARTS) is 1. The van der Waals surface area contributed by atoms with Crippen LogP contribution in [0, 0.1) is 11.3 Å². The molecule has 0 bridgehead atoms. The van der Waals surface area contributed by atoms with Crippen LogP contribution in [0.3, 0.4) is 0 Å². The molecule has 3 rings (SSSR count). The lowest BCUT2D eigenvalue weighted by molar-refractivity contribution is -0.150. The highest BCUT2D eigenvalue weighted by atomic mass is 16.5. The summed E-state index contributed by atoms with van der Waals surface area (Å²) in [6.07, 6.45) is 1.94. The highest BCUT2D eigenvalue weighted by Crippen LogP contribution is 2.38. The molecule has 1 aliphatic heterocycles. The number of carbonyl (C=O) groups excluding carboxylic acids is 1. The van der Waals surface area contributed by atoms with Gasteiger partial charge in [0.15, 0.2) is 0 Å². The summed E-state index contributed by atoms with van der Waals surface area (Å²) < 4.78 is 5.62. The molecule has 0 spiro atoms. The second-order valence-corrected chi connectivity index (χ2v) is 6.89. The number of hydrogen-bond donors (Lipinski definition) is 1. The van der Waals surface area contributed by atoms with Gasteiger partial charge in [0.25, 0.3) is 5.91 Å². The van der Waals surface area contributed by atoms with E-state index in [0.717, 1.165) is 0 Å². The molecule has 1 aromatic carbocycles. The van der Waals surface area contributed by atoms with E-state index in [1.165, 1.54) is 6.20 Å². The Balaban J connectivity index is 1.70. The first-order chi connectivity index (χ1) is 12.4. The van der Waals surface area contributed by atoms with Crippen molar-refractivity contribution in [3.8, 4) is 11.6 Å². The molecular formula is C20H22N2O4. The summed E-state index contributed by atoms with van der Waals surface area (Å²) in [4.78, 5) is 30.2. The zero-order chi connectivity index (χ0) is 18.7. The van der Waals surface area contributed by atoms with E-state index >= 15 is 0 Å². The Morgan fingerprint density at radius 3 is 2.46 bits per heavy atom. The van der Waals surface area contributed by atoms with Gasteiger partial charge in [-0.15, -0.1) is 0 Å². The van der Waals surface area contributed by atoms with Crippen LogP contribution < -0.4 is 4.74 Å². The Hall–Kier alpha value is -2.89. The van der Waals surface area contributed by atoms with Crippen molar-refractivity contribution in [2.24, 2.45) is 11.3 Å². The molecule has 1 N–H and O–H groups in total. The van der Waals surface area contributed by atoms with Gasteiger partial charge >= 0.3 is 5.97 Å². The fourth-order valence-corrected chi connectivity index (χ4v) is 3.26. The molecule has 1 fully saturated rings. The lowest BCUT2D eigenvalue weighted by Gasteiger charge is -2.28. The van der Waals surface area contributed by atoms with E-state index < -0.39 is 11.4 Å². The van der Waals surface area contributed by atoms with Crippen molar-refractivity contribution in [1.29, 1.82) is 0 Å². The van der Waals surface area contributed by atoms with Crippen LogP contribution in [-0.4, -0.2) is 40.0 Å². The van der Waals surface area contributed by atoms with E-state index in [1.54, 1.807) is 17.0 Å². The molecule has 1 aliphatic rings. The van der Waals surface area contributed by atoms with Crippen LogP contribution in [-0.2, 0) is 4.79 Å². The summed E-state index contributed by atoms with van der Waals surface area (Å²) in [5.41, 5.74) is -0.449. The Labute approximate surface area is 152 Å². The van der Waals surface area contributed by atoms with Gasteiger partial charge in [0.05, 0.1) is 11.0 Å². The molecule has 0 aliphatic carbocycles. The van der Waals surface area contributed by atoms with Crippen LogP contribution in [0.4, 0.5) is 0 Å². The molecule has 6 nitrogen and oxygen atoms in total. The SMILES string of the molecule is CC(C)C1(C(=O)O)CCN(C(=O)c2ccc(Oc3ccccc3)nc2)C1. The Morgan fingerprint density at radius 1 is 1.19 bits per heavy atom. The number of ether oxygens (including phenoxy) is 1. The number of benzene rings is 1. The zero-order valence-electron chi connectivity index (χ0n) is 14.9. The molecule has 1 saturated heterocycles. The second kappa shape index (κ2) is 7.15. The summed E-state index contributed by atoms with van der Waals surface area (Å²) in [5.74, 6) is -0.0179. The smallest absolute Gasteiger partial charge is 0.311 e. The van der Waals surface area contributed by atoms with E-state index in [9.17, 15) is 14.7 Å². The molecule has 1 amide bonds. The summed E-state index contributed by atoms with van der Waals surface area (Å²) in [6, 6.07) is 12.6. The van der Waals surface area contributed by atoms with Crippen molar-refractivity contribution < 1.29 is 19.4 Å². The van der Waals surface area contributed by atoms with Crippen molar-refractivity contribution in [3.05, 3.63) is 54.2 Å². The van der Waals surface area contributed by atoms with Crippen LogP contribution in [0.1, 0.15) is 30.6 Å². The van der Waals surface area contributed by atoms with Crippen LogP contribution in [0.15, 0.2) is 48.7 Å². The Kier molecular flexibility index (Phi) is 4.93. The molecule has 6 heteroatoms. The van der Waals surface area contributed by atoms with E-state index in [-0.39, 0.29) is 18.4 Å². The summed E-state index contributed by atoms with van der Waals surface area (Å²) in [5, 5.41) is 9.61. The van der Waals surface area contributed by atoms with E-state index in [1.807, 2.05) is 44.2 Å². The largest absolute Gasteiger partial charge is 0.481 e. The predicted octanol–water partition coefficient (Wildman–Crippen LogP) is 3.45. The van der Waals surface area contributed by atoms with Crippen molar-refractivity contribution in [1.82, 2.24) is 9.88 Å². The number of nitrogens with zero attached hydrogens (tertiary/aromatic N) is 2. The van der Waals surface area contributed by atoms with Gasteiger partial charge in [-0.2, -0.15) is 0 Å². The number of pyridine rings is 1. The quantitative estimate of drug-likeness (QED) is 0.890. The number of para-hydroxylation sites is 1. The lowest BCUT2D eigenvalue weighted by atomic mass is 9.76. The van der Waals surface area contributed by atoms with Gasteiger partial charge in [0.2, 0.25) is 5.88 Å². The normalized spacial score (nSPS) is 19.6. The second-order valence-electron chi connectivity index (χ2n) is 6.89. The minimum atomic E-state index is -0.876. The number of aromatic nitrogens is 1. The molecule has 1 atom stereocenters. The molecule has 1 unspecified atom stereocenters. The fourth-order valence-electron chi connectivity index (χ4n) is 3.26. The molecule has 0 saturated carbocycles. The first-order valence-corrected chi connectivity index (χ1v) is 8.64. The maximum absolute atomic E-state index is 12.7. The van der Waals surface area contributed by atoms with Gasteiger partial charge in [0, 0.05) is 25.4 Å². The van der Waals surface area contributed by atoms with Gasteiger partial charge in [-0.25, -0.2) is 4.98 Å². The predicted molar refractivity (Wildman–Crippen MR) is 96.2 cm³/mol. The molecular weight excluding hydrogens is 332 g/mol. The first kappa shape index (κ1) is 17.9. The van der Waals surface area contributed by atoms with Crippen molar-refractivity contribution in [2.75, 3.05) is 13.1 Å². The standard InChI is InChI=1S/C20H22N2O4/c1-14(2)20(19(24)25)10-11-22(13-20)18(23)15-8-9-17(21-12-15)26-16-6-4-3-5-7-16/h3-9,12,14H,10-11,13H2,1-2H3,(H,24,25). The van der Waals surface area contributed by atoms with Crippen LogP contribution >= 0.6 is 0 Å². The maximum atomic E-state index is 12.7. The number of carbonyl (C=O) groups is 2. The van der Waals surface area contributed by atoms with Crippen LogP contribution in [0.2, 0.25) is 0 Å². The van der Waals surface area contributed by atoms with E-state index in [0.29, 0.717) is 30.2 Å². The number of rotatable bonds is 5. The Bertz CT molecular complexity index is 789. The van der Waals surface area contributed by atoms with Gasteiger partial charge in [-0.1, -0.05) is 32.0 Å². The molecule has 2 heterocycles. The summed E-state index contributed by atoms with van der Waals surface area (Å²) >= 11 is 0. The summed E-state index contributed by atoms with van der Waals surface area (Å²) in [6.45, 7) is 4.44. The number of likely N-dealkylation sites (tertiary alicyclic amines) is 1. The third kappa shape index (κ3) is 3.40. The number of hydrogen-bond acceptors (Lipinski definition) is 4. The molecule has 136 valence electrons. The van der Waals surface area contributed by atoms with E-state index in [4.69, 9.17) is 4.74 Å². The number of amides is 1. The Morgan fingerprint density at radius 2 is 1.92 bits per heavy atom. The van der Waals surface area contributed by atoms with Crippen molar-refractivity contribution in [3.63, 3.8) is 0 Å². The molecule has 2 aromatic rings. The lowest BCUT2D eigenvalue weighted by Crippen LogP contribution is -2.40. The van der Waals surface area contributed by atoms with Gasteiger partial charge in [0.1, 0.15) is 5.75 Å². The number of aliphatic carboxylic acids is 1. The van der Waals surface area contributed by atoms with E-state index in [2.05, 4.69) is 4.98 Å². The number of carboxylic acids is 1. The topological polar surface area (TPSA) is 79.7 Å². The minimum Gasteiger partial charge on any atom is -0.481 e. The average molecular weight is 354 g/mol. The highest BCUT2D eigenvalue weighted by molar-refractivity contribution is 5.94. The zero-order valence-corrected chi connectivity index (χ0v) is 14.9.